The van der Waals surface area contributed by atoms with Gasteiger partial charge in [-0.1, -0.05) is 29.8 Å². The summed E-state index contributed by atoms with van der Waals surface area (Å²) in [7, 11) is 1.72. The molecule has 4 heteroatoms. The van der Waals surface area contributed by atoms with Crippen LogP contribution in [-0.4, -0.2) is 39.4 Å². The maximum absolute atomic E-state index is 6.10. The van der Waals surface area contributed by atoms with Gasteiger partial charge in [-0.05, 0) is 31.5 Å². The molecule has 2 N–H and O–H groups in total. The van der Waals surface area contributed by atoms with Gasteiger partial charge >= 0.3 is 0 Å². The molecule has 0 fully saturated rings. The maximum Gasteiger partial charge on any atom is 0.0587 e. The van der Waals surface area contributed by atoms with Crippen molar-refractivity contribution < 1.29 is 4.74 Å². The van der Waals surface area contributed by atoms with Crippen molar-refractivity contribution in [1.82, 2.24) is 10.6 Å². The molecule has 1 unspecified atom stereocenters. The Morgan fingerprint density at radius 2 is 2.06 bits per heavy atom. The molecule has 18 heavy (non-hydrogen) atoms. The fraction of sp³-hybridized carbons (Fsp3) is 0.571. The Balaban J connectivity index is 2.12. The number of hydrogen-bond acceptors (Lipinski definition) is 3. The van der Waals surface area contributed by atoms with Crippen molar-refractivity contribution in [2.75, 3.05) is 33.4 Å². The van der Waals surface area contributed by atoms with E-state index in [0.717, 1.165) is 37.7 Å². The van der Waals surface area contributed by atoms with Gasteiger partial charge in [0, 0.05) is 31.3 Å². The molecule has 0 aromatic heterocycles. The van der Waals surface area contributed by atoms with Gasteiger partial charge in [0.15, 0.2) is 0 Å². The van der Waals surface area contributed by atoms with E-state index < -0.39 is 0 Å². The molecule has 0 heterocycles. The Morgan fingerprint density at radius 3 is 2.78 bits per heavy atom. The summed E-state index contributed by atoms with van der Waals surface area (Å²) < 4.78 is 4.98. The van der Waals surface area contributed by atoms with Crippen LogP contribution in [-0.2, 0) is 11.2 Å². The highest BCUT2D eigenvalue weighted by atomic mass is 35.5. The number of methoxy groups -OCH3 is 1. The zero-order valence-electron chi connectivity index (χ0n) is 11.2. The third-order valence-corrected chi connectivity index (χ3v) is 3.15. The summed E-state index contributed by atoms with van der Waals surface area (Å²) in [6, 6.07) is 8.45. The highest BCUT2D eigenvalue weighted by molar-refractivity contribution is 6.31. The first-order chi connectivity index (χ1) is 8.74. The lowest BCUT2D eigenvalue weighted by atomic mass is 10.1. The van der Waals surface area contributed by atoms with Crippen LogP contribution in [0.4, 0.5) is 0 Å². The zero-order valence-corrected chi connectivity index (χ0v) is 12.0. The molecule has 1 aromatic rings. The largest absolute Gasteiger partial charge is 0.383 e. The van der Waals surface area contributed by atoms with Gasteiger partial charge in [-0.3, -0.25) is 0 Å². The number of ether oxygens (including phenoxy) is 1. The van der Waals surface area contributed by atoms with Crippen LogP contribution >= 0.6 is 11.6 Å². The van der Waals surface area contributed by atoms with Gasteiger partial charge in [0.2, 0.25) is 0 Å². The van der Waals surface area contributed by atoms with Gasteiger partial charge in [-0.25, -0.2) is 0 Å². The fourth-order valence-corrected chi connectivity index (χ4v) is 1.95. The standard InChI is InChI=1S/C14H23ClN2O/c1-12(11-16-9-10-18-2)17-8-7-13-5-3-4-6-14(13)15/h3-6,12,16-17H,7-11H2,1-2H3. The average molecular weight is 271 g/mol. The average Bonchev–Trinajstić information content (AvgIpc) is 2.37. The quantitative estimate of drug-likeness (QED) is 0.674. The molecule has 1 atom stereocenters. The summed E-state index contributed by atoms with van der Waals surface area (Å²) in [5, 5.41) is 7.66. The highest BCUT2D eigenvalue weighted by Crippen LogP contribution is 2.14. The van der Waals surface area contributed by atoms with Crippen LogP contribution < -0.4 is 10.6 Å². The molecule has 0 amide bonds. The second-order valence-corrected chi connectivity index (χ2v) is 4.80. The van der Waals surface area contributed by atoms with E-state index in [2.05, 4.69) is 23.6 Å². The molecule has 0 saturated heterocycles. The lowest BCUT2D eigenvalue weighted by Gasteiger charge is -2.14. The Morgan fingerprint density at radius 1 is 1.28 bits per heavy atom. The summed E-state index contributed by atoms with van der Waals surface area (Å²) >= 11 is 6.10. The van der Waals surface area contributed by atoms with Crippen molar-refractivity contribution in [3.8, 4) is 0 Å². The van der Waals surface area contributed by atoms with Gasteiger partial charge in [0.1, 0.15) is 0 Å². The first-order valence-corrected chi connectivity index (χ1v) is 6.78. The van der Waals surface area contributed by atoms with E-state index in [-0.39, 0.29) is 0 Å². The van der Waals surface area contributed by atoms with Crippen molar-refractivity contribution in [2.45, 2.75) is 19.4 Å². The first kappa shape index (κ1) is 15.4. The van der Waals surface area contributed by atoms with Gasteiger partial charge < -0.3 is 15.4 Å². The minimum absolute atomic E-state index is 0.448. The SMILES string of the molecule is COCCNCC(C)NCCc1ccccc1Cl. The predicted molar refractivity (Wildman–Crippen MR) is 77.4 cm³/mol. The first-order valence-electron chi connectivity index (χ1n) is 6.40. The molecule has 0 aliphatic carbocycles. The van der Waals surface area contributed by atoms with Crippen LogP contribution in [0.5, 0.6) is 0 Å². The van der Waals surface area contributed by atoms with E-state index >= 15 is 0 Å². The molecule has 1 aromatic carbocycles. The molecule has 0 aliphatic heterocycles. The summed E-state index contributed by atoms with van der Waals surface area (Å²) in [6.07, 6.45) is 0.960. The fourth-order valence-electron chi connectivity index (χ4n) is 1.72. The van der Waals surface area contributed by atoms with Crippen molar-refractivity contribution in [1.29, 1.82) is 0 Å². The van der Waals surface area contributed by atoms with E-state index in [9.17, 15) is 0 Å². The Kier molecular flexibility index (Phi) is 8.01. The smallest absolute Gasteiger partial charge is 0.0587 e. The Hall–Kier alpha value is -0.610. The lowest BCUT2D eigenvalue weighted by molar-refractivity contribution is 0.198. The molecule has 0 aliphatic rings. The van der Waals surface area contributed by atoms with Crippen LogP contribution in [0.1, 0.15) is 12.5 Å². The number of rotatable bonds is 9. The van der Waals surface area contributed by atoms with Gasteiger partial charge in [-0.15, -0.1) is 0 Å². The summed E-state index contributed by atoms with van der Waals surface area (Å²) in [6.45, 7) is 5.72. The Labute approximate surface area is 115 Å². The molecule has 0 bridgehead atoms. The number of nitrogens with one attached hydrogen (secondary N) is 2. The van der Waals surface area contributed by atoms with E-state index in [0.29, 0.717) is 6.04 Å². The molecule has 0 spiro atoms. The van der Waals surface area contributed by atoms with Crippen molar-refractivity contribution in [2.24, 2.45) is 0 Å². The molecule has 1 rings (SSSR count). The van der Waals surface area contributed by atoms with E-state index in [4.69, 9.17) is 16.3 Å². The number of benzene rings is 1. The second-order valence-electron chi connectivity index (χ2n) is 4.39. The van der Waals surface area contributed by atoms with Gasteiger partial charge in [0.25, 0.3) is 0 Å². The monoisotopic (exact) mass is 270 g/mol. The molecule has 102 valence electrons. The zero-order chi connectivity index (χ0) is 13.2. The molecule has 0 saturated carbocycles. The lowest BCUT2D eigenvalue weighted by Crippen LogP contribution is -2.38. The molecular formula is C14H23ClN2O. The predicted octanol–water partition coefficient (Wildman–Crippen LogP) is 2.10. The second kappa shape index (κ2) is 9.34. The van der Waals surface area contributed by atoms with E-state index in [1.54, 1.807) is 7.11 Å². The van der Waals surface area contributed by atoms with Crippen molar-refractivity contribution >= 4 is 11.6 Å². The van der Waals surface area contributed by atoms with E-state index in [1.807, 2.05) is 18.2 Å². The molecular weight excluding hydrogens is 248 g/mol. The van der Waals surface area contributed by atoms with Gasteiger partial charge in [-0.2, -0.15) is 0 Å². The number of halogens is 1. The molecule has 3 nitrogen and oxygen atoms in total. The third kappa shape index (κ3) is 6.36. The molecule has 0 radical (unpaired) electrons. The van der Waals surface area contributed by atoms with Crippen LogP contribution in [0.25, 0.3) is 0 Å². The number of hydrogen-bond donors (Lipinski definition) is 2. The third-order valence-electron chi connectivity index (χ3n) is 2.78. The van der Waals surface area contributed by atoms with Crippen molar-refractivity contribution in [3.63, 3.8) is 0 Å². The van der Waals surface area contributed by atoms with Gasteiger partial charge in [0.05, 0.1) is 6.61 Å². The van der Waals surface area contributed by atoms with Crippen molar-refractivity contribution in [3.05, 3.63) is 34.9 Å². The highest BCUT2D eigenvalue weighted by Gasteiger charge is 2.02. The summed E-state index contributed by atoms with van der Waals surface area (Å²) in [5.74, 6) is 0. The topological polar surface area (TPSA) is 33.3 Å². The Bertz CT molecular complexity index is 333. The van der Waals surface area contributed by atoms with Crippen LogP contribution in [0.2, 0.25) is 5.02 Å². The van der Waals surface area contributed by atoms with Crippen LogP contribution in [0, 0.1) is 0 Å². The minimum atomic E-state index is 0.448. The normalized spacial score (nSPS) is 12.6. The van der Waals surface area contributed by atoms with E-state index in [1.165, 1.54) is 5.56 Å². The maximum atomic E-state index is 6.10. The summed E-state index contributed by atoms with van der Waals surface area (Å²) in [5.41, 5.74) is 1.20. The van der Waals surface area contributed by atoms with Crippen LogP contribution in [0.15, 0.2) is 24.3 Å². The summed E-state index contributed by atoms with van der Waals surface area (Å²) in [4.78, 5) is 0. The minimum Gasteiger partial charge on any atom is -0.383 e. The van der Waals surface area contributed by atoms with Crippen LogP contribution in [0.3, 0.4) is 0 Å².